The van der Waals surface area contributed by atoms with Crippen LogP contribution in [0.15, 0.2) is 48.5 Å². The van der Waals surface area contributed by atoms with E-state index >= 15 is 0 Å². The van der Waals surface area contributed by atoms with Crippen molar-refractivity contribution in [1.29, 1.82) is 0 Å². The third-order valence-corrected chi connectivity index (χ3v) is 3.56. The Morgan fingerprint density at radius 2 is 1.67 bits per heavy atom. The highest BCUT2D eigenvalue weighted by molar-refractivity contribution is 5.87. The molecule has 0 radical (unpaired) electrons. The first-order chi connectivity index (χ1) is 11.5. The van der Waals surface area contributed by atoms with Gasteiger partial charge in [0.25, 0.3) is 0 Å². The molecule has 5 nitrogen and oxygen atoms in total. The maximum atomic E-state index is 12.9. The minimum atomic E-state index is -0.814. The maximum Gasteiger partial charge on any atom is 0.240 e. The molecular weight excluding hydrogens is 311 g/mol. The highest BCUT2D eigenvalue weighted by Crippen LogP contribution is 2.13. The average Bonchev–Trinajstić information content (AvgIpc) is 2.57. The lowest BCUT2D eigenvalue weighted by Crippen LogP contribution is -2.46. The van der Waals surface area contributed by atoms with Gasteiger partial charge in [0.05, 0.1) is 13.5 Å². The van der Waals surface area contributed by atoms with Gasteiger partial charge < -0.3 is 15.8 Å². The molecule has 0 aliphatic heterocycles. The fourth-order valence-electron chi connectivity index (χ4n) is 2.25. The van der Waals surface area contributed by atoms with Crippen molar-refractivity contribution >= 4 is 11.8 Å². The molecule has 2 aromatic rings. The van der Waals surface area contributed by atoms with Crippen LogP contribution in [0, 0.1) is 5.82 Å². The van der Waals surface area contributed by atoms with E-state index in [1.807, 2.05) is 0 Å². The van der Waals surface area contributed by atoms with Crippen molar-refractivity contribution in [3.8, 4) is 5.75 Å². The number of primary amides is 1. The third-order valence-electron chi connectivity index (χ3n) is 3.56. The molecule has 0 bridgehead atoms. The van der Waals surface area contributed by atoms with Crippen molar-refractivity contribution in [1.82, 2.24) is 5.32 Å². The largest absolute Gasteiger partial charge is 0.497 e. The van der Waals surface area contributed by atoms with E-state index in [1.165, 1.54) is 24.3 Å². The molecular formula is C18H19FN2O3. The first kappa shape index (κ1) is 17.5. The van der Waals surface area contributed by atoms with Gasteiger partial charge in [0.2, 0.25) is 11.8 Å². The summed E-state index contributed by atoms with van der Waals surface area (Å²) in [6, 6.07) is 12.0. The number of carbonyl (C=O) groups is 2. The number of amides is 2. The van der Waals surface area contributed by atoms with Crippen LogP contribution in [0.5, 0.6) is 5.75 Å². The topological polar surface area (TPSA) is 81.4 Å². The van der Waals surface area contributed by atoms with Crippen LogP contribution in [0.2, 0.25) is 0 Å². The number of hydrogen-bond acceptors (Lipinski definition) is 3. The molecule has 1 atom stereocenters. The number of halogens is 1. The van der Waals surface area contributed by atoms with E-state index in [-0.39, 0.29) is 24.6 Å². The molecule has 6 heteroatoms. The number of ether oxygens (including phenoxy) is 1. The minimum Gasteiger partial charge on any atom is -0.497 e. The number of methoxy groups -OCH3 is 1. The molecule has 0 aliphatic carbocycles. The number of benzene rings is 2. The van der Waals surface area contributed by atoms with Crippen molar-refractivity contribution < 1.29 is 18.7 Å². The summed E-state index contributed by atoms with van der Waals surface area (Å²) in [4.78, 5) is 23.7. The highest BCUT2D eigenvalue weighted by Gasteiger charge is 2.18. The summed E-state index contributed by atoms with van der Waals surface area (Å²) in [6.07, 6.45) is 0.334. The zero-order valence-electron chi connectivity index (χ0n) is 13.3. The predicted octanol–water partition coefficient (Wildman–Crippen LogP) is 1.59. The second kappa shape index (κ2) is 8.10. The quantitative estimate of drug-likeness (QED) is 0.809. The number of nitrogens with two attached hydrogens (primary N) is 1. The van der Waals surface area contributed by atoms with Gasteiger partial charge in [-0.05, 0) is 35.4 Å². The van der Waals surface area contributed by atoms with Gasteiger partial charge in [-0.3, -0.25) is 9.59 Å². The van der Waals surface area contributed by atoms with Gasteiger partial charge in [-0.2, -0.15) is 0 Å². The lowest BCUT2D eigenvalue weighted by molar-refractivity contribution is -0.127. The zero-order chi connectivity index (χ0) is 17.5. The van der Waals surface area contributed by atoms with E-state index in [4.69, 9.17) is 10.5 Å². The molecule has 2 amide bonds. The molecule has 0 aliphatic rings. The summed E-state index contributed by atoms with van der Waals surface area (Å²) < 4.78 is 17.9. The van der Waals surface area contributed by atoms with Gasteiger partial charge in [0.15, 0.2) is 0 Å². The van der Waals surface area contributed by atoms with Crippen LogP contribution >= 0.6 is 0 Å². The Morgan fingerprint density at radius 3 is 2.21 bits per heavy atom. The van der Waals surface area contributed by atoms with Crippen molar-refractivity contribution in [2.24, 2.45) is 5.73 Å². The molecule has 2 rings (SSSR count). The summed E-state index contributed by atoms with van der Waals surface area (Å²) in [7, 11) is 1.57. The molecule has 126 valence electrons. The smallest absolute Gasteiger partial charge is 0.240 e. The fourth-order valence-corrected chi connectivity index (χ4v) is 2.25. The van der Waals surface area contributed by atoms with Crippen molar-refractivity contribution in [3.05, 3.63) is 65.5 Å². The number of rotatable bonds is 7. The Balaban J connectivity index is 1.97. The summed E-state index contributed by atoms with van der Waals surface area (Å²) in [6.45, 7) is 0. The van der Waals surface area contributed by atoms with Crippen LogP contribution in [-0.4, -0.2) is 25.0 Å². The molecule has 0 heterocycles. The Labute approximate surface area is 139 Å². The van der Waals surface area contributed by atoms with E-state index in [0.717, 1.165) is 5.56 Å². The van der Waals surface area contributed by atoms with Crippen LogP contribution in [0.25, 0.3) is 0 Å². The Morgan fingerprint density at radius 1 is 1.08 bits per heavy atom. The molecule has 2 aromatic carbocycles. The van der Waals surface area contributed by atoms with Crippen LogP contribution in [0.1, 0.15) is 11.1 Å². The molecule has 0 saturated heterocycles. The molecule has 0 unspecified atom stereocenters. The molecule has 0 aromatic heterocycles. The summed E-state index contributed by atoms with van der Waals surface area (Å²) in [5.41, 5.74) is 6.88. The van der Waals surface area contributed by atoms with Crippen LogP contribution in [0.4, 0.5) is 4.39 Å². The molecule has 24 heavy (non-hydrogen) atoms. The van der Waals surface area contributed by atoms with E-state index in [9.17, 15) is 14.0 Å². The first-order valence-electron chi connectivity index (χ1n) is 7.44. The normalized spacial score (nSPS) is 11.6. The second-order valence-electron chi connectivity index (χ2n) is 5.38. The van der Waals surface area contributed by atoms with Crippen LogP contribution in [-0.2, 0) is 22.4 Å². The molecule has 0 saturated carbocycles. The monoisotopic (exact) mass is 330 g/mol. The van der Waals surface area contributed by atoms with Gasteiger partial charge in [-0.25, -0.2) is 4.39 Å². The average molecular weight is 330 g/mol. The minimum absolute atomic E-state index is 0.0483. The SMILES string of the molecule is COc1ccc(C[C@H](NC(=O)Cc2ccc(F)cc2)C(N)=O)cc1. The third kappa shape index (κ3) is 5.08. The van der Waals surface area contributed by atoms with Crippen LogP contribution < -0.4 is 15.8 Å². The molecule has 3 N–H and O–H groups in total. The van der Waals surface area contributed by atoms with Gasteiger partial charge in [-0.15, -0.1) is 0 Å². The first-order valence-corrected chi connectivity index (χ1v) is 7.44. The fraction of sp³-hybridized carbons (Fsp3) is 0.222. The number of carbonyl (C=O) groups excluding carboxylic acids is 2. The van der Waals surface area contributed by atoms with Crippen LogP contribution in [0.3, 0.4) is 0 Å². The Kier molecular flexibility index (Phi) is 5.89. The van der Waals surface area contributed by atoms with Crippen molar-refractivity contribution in [2.45, 2.75) is 18.9 Å². The lowest BCUT2D eigenvalue weighted by Gasteiger charge is -2.16. The van der Waals surface area contributed by atoms with E-state index in [1.54, 1.807) is 31.4 Å². The van der Waals surface area contributed by atoms with E-state index in [0.29, 0.717) is 11.3 Å². The predicted molar refractivity (Wildman–Crippen MR) is 87.9 cm³/mol. The number of nitrogens with one attached hydrogen (secondary N) is 1. The standard InChI is InChI=1S/C18H19FN2O3/c1-24-15-8-4-12(5-9-15)10-16(18(20)23)21-17(22)11-13-2-6-14(19)7-3-13/h2-9,16H,10-11H2,1H3,(H2,20,23)(H,21,22)/t16-/m0/s1. The maximum absolute atomic E-state index is 12.9. The Bertz CT molecular complexity index is 699. The van der Waals surface area contributed by atoms with Crippen molar-refractivity contribution in [3.63, 3.8) is 0 Å². The van der Waals surface area contributed by atoms with Gasteiger partial charge in [0.1, 0.15) is 17.6 Å². The molecule has 0 fully saturated rings. The summed E-state index contributed by atoms with van der Waals surface area (Å²) in [5, 5.41) is 2.62. The van der Waals surface area contributed by atoms with Crippen molar-refractivity contribution in [2.75, 3.05) is 7.11 Å². The number of hydrogen-bond donors (Lipinski definition) is 2. The van der Waals surface area contributed by atoms with Gasteiger partial charge >= 0.3 is 0 Å². The summed E-state index contributed by atoms with van der Waals surface area (Å²) >= 11 is 0. The zero-order valence-corrected chi connectivity index (χ0v) is 13.3. The summed E-state index contributed by atoms with van der Waals surface area (Å²) in [5.74, 6) is -0.624. The van der Waals surface area contributed by atoms with Gasteiger partial charge in [-0.1, -0.05) is 24.3 Å². The van der Waals surface area contributed by atoms with E-state index in [2.05, 4.69) is 5.32 Å². The Hall–Kier alpha value is -2.89. The lowest BCUT2D eigenvalue weighted by atomic mass is 10.0. The van der Waals surface area contributed by atoms with E-state index < -0.39 is 11.9 Å². The van der Waals surface area contributed by atoms with Gasteiger partial charge in [0, 0.05) is 6.42 Å². The second-order valence-corrected chi connectivity index (χ2v) is 5.38. The highest BCUT2D eigenvalue weighted by atomic mass is 19.1. The molecule has 0 spiro atoms.